The smallest absolute Gasteiger partial charge is 0.169 e. The first-order valence-electron chi connectivity index (χ1n) is 5.89. The summed E-state index contributed by atoms with van der Waals surface area (Å²) in [6, 6.07) is 7.94. The molecule has 0 fully saturated rings. The zero-order chi connectivity index (χ0) is 12.6. The Morgan fingerprint density at radius 1 is 1.29 bits per heavy atom. The molecule has 1 unspecified atom stereocenters. The Morgan fingerprint density at radius 3 is 2.59 bits per heavy atom. The lowest BCUT2D eigenvalue weighted by Crippen LogP contribution is -2.43. The van der Waals surface area contributed by atoms with Crippen LogP contribution in [-0.2, 0) is 0 Å². The fraction of sp³-hybridized carbons (Fsp3) is 0.500. The van der Waals surface area contributed by atoms with Gasteiger partial charge in [0, 0.05) is 27.7 Å². The predicted molar refractivity (Wildman–Crippen MR) is 72.8 cm³/mol. The summed E-state index contributed by atoms with van der Waals surface area (Å²) >= 11 is 1.82. The molecule has 0 N–H and O–H groups in total. The van der Waals surface area contributed by atoms with Crippen molar-refractivity contribution in [3.05, 3.63) is 29.8 Å². The Morgan fingerprint density at radius 2 is 1.94 bits per heavy atom. The van der Waals surface area contributed by atoms with Gasteiger partial charge in [-0.1, -0.05) is 18.2 Å². The van der Waals surface area contributed by atoms with Crippen LogP contribution in [0.4, 0.5) is 0 Å². The average Bonchev–Trinajstić information content (AvgIpc) is 2.23. The van der Waals surface area contributed by atoms with Crippen molar-refractivity contribution in [1.82, 2.24) is 4.90 Å². The van der Waals surface area contributed by atoms with Crippen molar-refractivity contribution in [2.75, 3.05) is 20.6 Å². The van der Waals surface area contributed by atoms with Crippen LogP contribution in [0.2, 0.25) is 0 Å². The Bertz CT molecular complexity index is 440. The van der Waals surface area contributed by atoms with E-state index in [1.165, 1.54) is 0 Å². The maximum Gasteiger partial charge on any atom is 0.169 e. The molecule has 1 atom stereocenters. The van der Waals surface area contributed by atoms with E-state index in [0.29, 0.717) is 0 Å². The number of hydrogen-bond donors (Lipinski definition) is 0. The summed E-state index contributed by atoms with van der Waals surface area (Å²) in [4.78, 5) is 15.7. The van der Waals surface area contributed by atoms with E-state index in [1.54, 1.807) is 0 Å². The summed E-state index contributed by atoms with van der Waals surface area (Å²) in [6.45, 7) is 5.15. The van der Waals surface area contributed by atoms with Gasteiger partial charge in [-0.15, -0.1) is 11.8 Å². The summed E-state index contributed by atoms with van der Waals surface area (Å²) in [5.74, 6) is 0.357. The Labute approximate surface area is 107 Å². The van der Waals surface area contributed by atoms with Crippen LogP contribution in [-0.4, -0.2) is 36.1 Å². The van der Waals surface area contributed by atoms with Gasteiger partial charge in [-0.2, -0.15) is 0 Å². The summed E-state index contributed by atoms with van der Waals surface area (Å²) < 4.78 is -0.0320. The van der Waals surface area contributed by atoms with Crippen LogP contribution in [0.25, 0.3) is 0 Å². The molecule has 1 heterocycles. The van der Waals surface area contributed by atoms with E-state index in [0.717, 1.165) is 17.0 Å². The first-order chi connectivity index (χ1) is 7.92. The number of hydrogen-bond acceptors (Lipinski definition) is 3. The molecule has 1 aromatic carbocycles. The minimum absolute atomic E-state index is 0.0320. The third-order valence-electron chi connectivity index (χ3n) is 3.23. The molecular weight excluding hydrogens is 230 g/mol. The average molecular weight is 249 g/mol. The van der Waals surface area contributed by atoms with Crippen molar-refractivity contribution in [1.29, 1.82) is 0 Å². The third kappa shape index (κ3) is 2.40. The largest absolute Gasteiger partial charge is 0.309 e. The summed E-state index contributed by atoms with van der Waals surface area (Å²) in [7, 11) is 4.04. The molecule has 0 aliphatic carbocycles. The van der Waals surface area contributed by atoms with Crippen molar-refractivity contribution >= 4 is 17.5 Å². The van der Waals surface area contributed by atoms with Crippen LogP contribution in [0.3, 0.4) is 0 Å². The molecule has 1 aliphatic heterocycles. The maximum atomic E-state index is 12.5. The Balaban J connectivity index is 2.40. The molecule has 2 rings (SSSR count). The fourth-order valence-electron chi connectivity index (χ4n) is 2.29. The summed E-state index contributed by atoms with van der Waals surface area (Å²) in [5.41, 5.74) is 0.892. The molecule has 92 valence electrons. The van der Waals surface area contributed by atoms with Crippen molar-refractivity contribution in [2.24, 2.45) is 5.92 Å². The maximum absolute atomic E-state index is 12.5. The van der Waals surface area contributed by atoms with E-state index >= 15 is 0 Å². The second kappa shape index (κ2) is 4.46. The first-order valence-corrected chi connectivity index (χ1v) is 6.70. The van der Waals surface area contributed by atoms with Gasteiger partial charge in [0.2, 0.25) is 0 Å². The highest BCUT2D eigenvalue weighted by Crippen LogP contribution is 2.46. The number of nitrogens with zero attached hydrogens (tertiary/aromatic N) is 1. The molecule has 1 aliphatic rings. The lowest BCUT2D eigenvalue weighted by Gasteiger charge is -2.38. The lowest BCUT2D eigenvalue weighted by molar-refractivity contribution is 0.0863. The molecule has 0 saturated heterocycles. The van der Waals surface area contributed by atoms with Gasteiger partial charge in [0.15, 0.2) is 5.78 Å². The number of thioether (sulfide) groups is 1. The van der Waals surface area contributed by atoms with Gasteiger partial charge in [-0.25, -0.2) is 0 Å². The van der Waals surface area contributed by atoms with Crippen LogP contribution in [0.1, 0.15) is 24.2 Å². The molecule has 0 radical (unpaired) electrons. The minimum Gasteiger partial charge on any atom is -0.309 e. The molecule has 17 heavy (non-hydrogen) atoms. The van der Waals surface area contributed by atoms with E-state index < -0.39 is 0 Å². The van der Waals surface area contributed by atoms with E-state index in [9.17, 15) is 4.79 Å². The van der Waals surface area contributed by atoms with Gasteiger partial charge in [-0.05, 0) is 34.0 Å². The van der Waals surface area contributed by atoms with E-state index in [2.05, 4.69) is 18.7 Å². The monoisotopic (exact) mass is 249 g/mol. The second-order valence-corrected chi connectivity index (χ2v) is 7.08. The van der Waals surface area contributed by atoms with Gasteiger partial charge >= 0.3 is 0 Å². The number of fused-ring (bicyclic) bond motifs is 1. The minimum atomic E-state index is -0.0320. The number of rotatable bonds is 2. The number of carbonyl (C=O) groups excluding carboxylic acids is 1. The van der Waals surface area contributed by atoms with E-state index in [1.807, 2.05) is 50.1 Å². The number of carbonyl (C=O) groups is 1. The third-order valence-corrected chi connectivity index (χ3v) is 4.62. The fourth-order valence-corrected chi connectivity index (χ4v) is 3.60. The molecular formula is C14H19NOS. The highest BCUT2D eigenvalue weighted by atomic mass is 32.2. The Hall–Kier alpha value is -0.800. The van der Waals surface area contributed by atoms with Gasteiger partial charge in [0.05, 0.1) is 0 Å². The van der Waals surface area contributed by atoms with Crippen molar-refractivity contribution in [2.45, 2.75) is 23.5 Å². The van der Waals surface area contributed by atoms with Gasteiger partial charge in [-0.3, -0.25) is 4.79 Å². The SMILES string of the molecule is CN(C)CC1C(=O)c2ccccc2SC1(C)C. The van der Waals surface area contributed by atoms with Crippen LogP contribution < -0.4 is 0 Å². The molecule has 0 spiro atoms. The molecule has 1 aromatic rings. The van der Waals surface area contributed by atoms with Crippen LogP contribution in [0.5, 0.6) is 0 Å². The van der Waals surface area contributed by atoms with Crippen molar-refractivity contribution in [3.63, 3.8) is 0 Å². The quantitative estimate of drug-likeness (QED) is 0.804. The normalized spacial score (nSPS) is 22.6. The summed E-state index contributed by atoms with van der Waals surface area (Å²) in [5, 5.41) is 0. The lowest BCUT2D eigenvalue weighted by atomic mass is 9.86. The number of ketones is 1. The zero-order valence-corrected chi connectivity index (χ0v) is 11.7. The molecule has 0 aromatic heterocycles. The molecule has 0 amide bonds. The van der Waals surface area contributed by atoms with Gasteiger partial charge < -0.3 is 4.90 Å². The Kier molecular flexibility index (Phi) is 3.32. The van der Waals surface area contributed by atoms with Gasteiger partial charge in [0.25, 0.3) is 0 Å². The standard InChI is InChI=1S/C14H19NOS/c1-14(2)11(9-15(3)4)13(16)10-7-5-6-8-12(10)17-14/h5-8,11H,9H2,1-4H3. The van der Waals surface area contributed by atoms with Crippen molar-refractivity contribution < 1.29 is 4.79 Å². The number of Topliss-reactive ketones (excluding diaryl/α,β-unsaturated/α-hetero) is 1. The number of benzene rings is 1. The molecule has 3 heteroatoms. The van der Waals surface area contributed by atoms with E-state index in [4.69, 9.17) is 0 Å². The van der Waals surface area contributed by atoms with Crippen LogP contribution in [0, 0.1) is 5.92 Å². The molecule has 2 nitrogen and oxygen atoms in total. The van der Waals surface area contributed by atoms with E-state index in [-0.39, 0.29) is 16.4 Å². The molecule has 0 bridgehead atoms. The molecule has 0 saturated carbocycles. The van der Waals surface area contributed by atoms with Crippen molar-refractivity contribution in [3.8, 4) is 0 Å². The highest BCUT2D eigenvalue weighted by Gasteiger charge is 2.41. The predicted octanol–water partition coefficient (Wildman–Crippen LogP) is 2.93. The van der Waals surface area contributed by atoms with Crippen LogP contribution >= 0.6 is 11.8 Å². The highest BCUT2D eigenvalue weighted by molar-refractivity contribution is 8.00. The van der Waals surface area contributed by atoms with Crippen LogP contribution in [0.15, 0.2) is 29.2 Å². The van der Waals surface area contributed by atoms with Gasteiger partial charge in [0.1, 0.15) is 0 Å². The second-order valence-electron chi connectivity index (χ2n) is 5.38. The first kappa shape index (κ1) is 12.7. The topological polar surface area (TPSA) is 20.3 Å². The zero-order valence-electron chi connectivity index (χ0n) is 10.9. The summed E-state index contributed by atoms with van der Waals surface area (Å²) in [6.07, 6.45) is 0.